The highest BCUT2D eigenvalue weighted by atomic mass is 35.5. The van der Waals surface area contributed by atoms with Gasteiger partial charge in [0.2, 0.25) is 5.91 Å². The van der Waals surface area contributed by atoms with Crippen molar-refractivity contribution in [1.29, 1.82) is 0 Å². The lowest BCUT2D eigenvalue weighted by molar-refractivity contribution is -0.124. The van der Waals surface area contributed by atoms with Gasteiger partial charge in [0.25, 0.3) is 5.91 Å². The zero-order valence-corrected chi connectivity index (χ0v) is 18.6. The first-order valence-corrected chi connectivity index (χ1v) is 9.87. The zero-order chi connectivity index (χ0) is 22.3. The summed E-state index contributed by atoms with van der Waals surface area (Å²) in [4.78, 5) is 23.1. The molecule has 8 heteroatoms. The van der Waals surface area contributed by atoms with Gasteiger partial charge in [-0.15, -0.1) is 0 Å². The van der Waals surface area contributed by atoms with Crippen LogP contribution in [-0.4, -0.2) is 31.1 Å². The lowest BCUT2D eigenvalue weighted by Gasteiger charge is -2.21. The third kappa shape index (κ3) is 7.48. The Bertz CT molecular complexity index is 892. The molecule has 2 rings (SSSR count). The van der Waals surface area contributed by atoms with Crippen LogP contribution < -0.4 is 25.4 Å². The highest BCUT2D eigenvalue weighted by Crippen LogP contribution is 2.33. The number of carbonyl (C=O) groups is 2. The van der Waals surface area contributed by atoms with Gasteiger partial charge in [-0.2, -0.15) is 0 Å². The van der Waals surface area contributed by atoms with Crippen LogP contribution in [-0.2, 0) is 16.1 Å². The Kier molecular flexibility index (Phi) is 7.94. The standard InChI is InChI=1S/C22H28ClN3O4/c1-14(27)25-17-8-6-16(7-9-17)24-12-15-10-19(29-5)20(11-18(15)23)30-13-21(28)26-22(2,3)4/h6-11,24H,12-13H2,1-5H3,(H,25,27)(H,26,28). The van der Waals surface area contributed by atoms with Gasteiger partial charge in [-0.1, -0.05) is 11.6 Å². The van der Waals surface area contributed by atoms with Crippen molar-refractivity contribution in [2.24, 2.45) is 0 Å². The smallest absolute Gasteiger partial charge is 0.258 e. The molecule has 162 valence electrons. The lowest BCUT2D eigenvalue weighted by atomic mass is 10.1. The monoisotopic (exact) mass is 433 g/mol. The molecule has 0 saturated heterocycles. The molecule has 0 aliphatic heterocycles. The van der Waals surface area contributed by atoms with E-state index >= 15 is 0 Å². The molecule has 2 aromatic rings. The first-order valence-electron chi connectivity index (χ1n) is 9.49. The normalized spacial score (nSPS) is 10.9. The number of anilines is 2. The van der Waals surface area contributed by atoms with E-state index in [1.54, 1.807) is 12.1 Å². The Hall–Kier alpha value is -2.93. The zero-order valence-electron chi connectivity index (χ0n) is 17.9. The average molecular weight is 434 g/mol. The summed E-state index contributed by atoms with van der Waals surface area (Å²) < 4.78 is 11.0. The molecule has 2 aromatic carbocycles. The van der Waals surface area contributed by atoms with Crippen molar-refractivity contribution in [1.82, 2.24) is 5.32 Å². The minimum Gasteiger partial charge on any atom is -0.493 e. The number of nitrogens with one attached hydrogen (secondary N) is 3. The topological polar surface area (TPSA) is 88.7 Å². The van der Waals surface area contributed by atoms with E-state index in [2.05, 4.69) is 16.0 Å². The van der Waals surface area contributed by atoms with E-state index in [1.807, 2.05) is 45.0 Å². The van der Waals surface area contributed by atoms with Crippen LogP contribution in [0.1, 0.15) is 33.3 Å². The largest absolute Gasteiger partial charge is 0.493 e. The van der Waals surface area contributed by atoms with Gasteiger partial charge in [-0.05, 0) is 56.7 Å². The van der Waals surface area contributed by atoms with Crippen LogP contribution >= 0.6 is 11.6 Å². The molecule has 7 nitrogen and oxygen atoms in total. The van der Waals surface area contributed by atoms with Crippen LogP contribution in [0.4, 0.5) is 11.4 Å². The van der Waals surface area contributed by atoms with E-state index in [0.717, 1.165) is 16.9 Å². The summed E-state index contributed by atoms with van der Waals surface area (Å²) in [5, 5.41) is 9.32. The van der Waals surface area contributed by atoms with Gasteiger partial charge in [0.1, 0.15) is 0 Å². The molecule has 30 heavy (non-hydrogen) atoms. The number of methoxy groups -OCH3 is 1. The summed E-state index contributed by atoms with van der Waals surface area (Å²) in [6.07, 6.45) is 0. The van der Waals surface area contributed by atoms with Crippen molar-refractivity contribution in [3.8, 4) is 11.5 Å². The molecule has 0 aliphatic rings. The molecule has 0 radical (unpaired) electrons. The molecule has 0 bridgehead atoms. The molecule has 0 aliphatic carbocycles. The quantitative estimate of drug-likeness (QED) is 0.580. The number of hydrogen-bond donors (Lipinski definition) is 3. The predicted octanol–water partition coefficient (Wildman–Crippen LogP) is 4.21. The van der Waals surface area contributed by atoms with E-state index in [4.69, 9.17) is 21.1 Å². The summed E-state index contributed by atoms with van der Waals surface area (Å²) in [6.45, 7) is 7.49. The summed E-state index contributed by atoms with van der Waals surface area (Å²) in [7, 11) is 1.53. The Labute approximate surface area is 182 Å². The third-order valence-electron chi connectivity index (χ3n) is 3.89. The van der Waals surface area contributed by atoms with Crippen molar-refractivity contribution in [2.45, 2.75) is 39.8 Å². The number of rotatable bonds is 8. The molecule has 0 saturated carbocycles. The van der Waals surface area contributed by atoms with E-state index in [-0.39, 0.29) is 24.0 Å². The number of carbonyl (C=O) groups excluding carboxylic acids is 2. The van der Waals surface area contributed by atoms with Crippen molar-refractivity contribution in [3.63, 3.8) is 0 Å². The molecular weight excluding hydrogens is 406 g/mol. The highest BCUT2D eigenvalue weighted by Gasteiger charge is 2.16. The maximum atomic E-state index is 12.0. The molecule has 0 heterocycles. The number of benzene rings is 2. The Balaban J connectivity index is 2.02. The second-order valence-corrected chi connectivity index (χ2v) is 8.20. The minimum absolute atomic E-state index is 0.118. The van der Waals surface area contributed by atoms with Crippen molar-refractivity contribution in [2.75, 3.05) is 24.4 Å². The lowest BCUT2D eigenvalue weighted by Crippen LogP contribution is -2.43. The molecule has 2 amide bonds. The van der Waals surface area contributed by atoms with Crippen LogP contribution in [0.2, 0.25) is 5.02 Å². The highest BCUT2D eigenvalue weighted by molar-refractivity contribution is 6.31. The van der Waals surface area contributed by atoms with Crippen molar-refractivity contribution in [3.05, 3.63) is 47.0 Å². The summed E-state index contributed by atoms with van der Waals surface area (Å²) >= 11 is 6.41. The van der Waals surface area contributed by atoms with E-state index in [1.165, 1.54) is 14.0 Å². The second kappa shape index (κ2) is 10.2. The van der Waals surface area contributed by atoms with Gasteiger partial charge < -0.3 is 25.4 Å². The molecule has 3 N–H and O–H groups in total. The van der Waals surface area contributed by atoms with Gasteiger partial charge in [-0.3, -0.25) is 9.59 Å². The maximum absolute atomic E-state index is 12.0. The minimum atomic E-state index is -0.335. The Morgan fingerprint density at radius 3 is 2.23 bits per heavy atom. The SMILES string of the molecule is COc1cc(CNc2ccc(NC(C)=O)cc2)c(Cl)cc1OCC(=O)NC(C)(C)C. The van der Waals surface area contributed by atoms with Crippen LogP contribution in [0.5, 0.6) is 11.5 Å². The van der Waals surface area contributed by atoms with Gasteiger partial charge in [0.15, 0.2) is 18.1 Å². The van der Waals surface area contributed by atoms with Crippen LogP contribution in [0.25, 0.3) is 0 Å². The molecule has 0 unspecified atom stereocenters. The van der Waals surface area contributed by atoms with E-state index in [0.29, 0.717) is 23.1 Å². The van der Waals surface area contributed by atoms with Crippen molar-refractivity contribution < 1.29 is 19.1 Å². The van der Waals surface area contributed by atoms with Gasteiger partial charge in [0, 0.05) is 41.5 Å². The number of hydrogen-bond acceptors (Lipinski definition) is 5. The molecule has 0 aromatic heterocycles. The third-order valence-corrected chi connectivity index (χ3v) is 4.25. The van der Waals surface area contributed by atoms with E-state index in [9.17, 15) is 9.59 Å². The fourth-order valence-corrected chi connectivity index (χ4v) is 2.88. The number of amides is 2. The second-order valence-electron chi connectivity index (χ2n) is 7.79. The average Bonchev–Trinajstić information content (AvgIpc) is 2.65. The Morgan fingerprint density at radius 1 is 1.03 bits per heavy atom. The number of halogens is 1. The molecule has 0 atom stereocenters. The van der Waals surface area contributed by atoms with E-state index < -0.39 is 0 Å². The van der Waals surface area contributed by atoms with Crippen molar-refractivity contribution >= 4 is 34.8 Å². The van der Waals surface area contributed by atoms with Gasteiger partial charge >= 0.3 is 0 Å². The Morgan fingerprint density at radius 2 is 1.67 bits per heavy atom. The van der Waals surface area contributed by atoms with Crippen LogP contribution in [0, 0.1) is 0 Å². The predicted molar refractivity (Wildman–Crippen MR) is 119 cm³/mol. The molecule has 0 fully saturated rings. The first-order chi connectivity index (χ1) is 14.1. The van der Waals surface area contributed by atoms with Crippen LogP contribution in [0.3, 0.4) is 0 Å². The molecular formula is C22H28ClN3O4. The van der Waals surface area contributed by atoms with Crippen LogP contribution in [0.15, 0.2) is 36.4 Å². The summed E-state index contributed by atoms with van der Waals surface area (Å²) in [6, 6.07) is 10.8. The van der Waals surface area contributed by atoms with Gasteiger partial charge in [-0.25, -0.2) is 0 Å². The summed E-state index contributed by atoms with van der Waals surface area (Å²) in [5.41, 5.74) is 2.08. The summed E-state index contributed by atoms with van der Waals surface area (Å²) in [5.74, 6) is 0.539. The fraction of sp³-hybridized carbons (Fsp3) is 0.364. The first kappa shape index (κ1) is 23.3. The molecule has 0 spiro atoms. The fourth-order valence-electron chi connectivity index (χ4n) is 2.65. The maximum Gasteiger partial charge on any atom is 0.258 e. The van der Waals surface area contributed by atoms with Gasteiger partial charge in [0.05, 0.1) is 7.11 Å². The number of ether oxygens (including phenoxy) is 2.